The molecule has 5 nitrogen and oxygen atoms in total. The van der Waals surface area contributed by atoms with Gasteiger partial charge in [0.2, 0.25) is 15.9 Å². The van der Waals surface area contributed by atoms with E-state index in [1.807, 2.05) is 13.8 Å². The van der Waals surface area contributed by atoms with Crippen LogP contribution < -0.4 is 10.0 Å². The number of rotatable bonds is 6. The van der Waals surface area contributed by atoms with Crippen LogP contribution in [0.4, 0.5) is 0 Å². The van der Waals surface area contributed by atoms with Gasteiger partial charge in [0, 0.05) is 12.5 Å². The van der Waals surface area contributed by atoms with Crippen molar-refractivity contribution in [2.24, 2.45) is 0 Å². The summed E-state index contributed by atoms with van der Waals surface area (Å²) < 4.78 is 25.3. The Bertz CT molecular complexity index is 521. The van der Waals surface area contributed by atoms with Crippen LogP contribution in [0.1, 0.15) is 25.8 Å². The second kappa shape index (κ2) is 6.68. The summed E-state index contributed by atoms with van der Waals surface area (Å²) in [6.07, 6.45) is 0.995. The van der Waals surface area contributed by atoms with Crippen LogP contribution in [-0.2, 0) is 21.2 Å². The van der Waals surface area contributed by atoms with Crippen molar-refractivity contribution >= 4 is 15.9 Å². The Balaban J connectivity index is 2.61. The summed E-state index contributed by atoms with van der Waals surface area (Å²) in [5.74, 6) is 0.00178. The zero-order valence-corrected chi connectivity index (χ0v) is 12.3. The molecule has 0 fully saturated rings. The number of hydrogen-bond acceptors (Lipinski definition) is 3. The lowest BCUT2D eigenvalue weighted by molar-refractivity contribution is -0.121. The van der Waals surface area contributed by atoms with Gasteiger partial charge in [-0.2, -0.15) is 0 Å². The molecular weight excluding hydrogens is 264 g/mol. The highest BCUT2D eigenvalue weighted by atomic mass is 32.2. The molecule has 1 amide bonds. The standard InChI is InChI=1S/C13H20N2O3S/c1-10(2)15-13(16)9-6-11-4-7-12(8-5-11)19(17,18)14-3/h4-5,7-8,10,14H,6,9H2,1-3H3,(H,15,16). The van der Waals surface area contributed by atoms with E-state index in [-0.39, 0.29) is 16.8 Å². The first-order valence-electron chi connectivity index (χ1n) is 6.17. The minimum absolute atomic E-state index is 0.00178. The predicted molar refractivity (Wildman–Crippen MR) is 74.3 cm³/mol. The Morgan fingerprint density at radius 3 is 2.26 bits per heavy atom. The van der Waals surface area contributed by atoms with Crippen molar-refractivity contribution in [2.75, 3.05) is 7.05 Å². The lowest BCUT2D eigenvalue weighted by Crippen LogP contribution is -2.30. The molecular formula is C13H20N2O3S. The quantitative estimate of drug-likeness (QED) is 0.820. The zero-order valence-electron chi connectivity index (χ0n) is 11.4. The van der Waals surface area contributed by atoms with Crippen LogP contribution in [-0.4, -0.2) is 27.4 Å². The SMILES string of the molecule is CNS(=O)(=O)c1ccc(CCC(=O)NC(C)C)cc1. The van der Waals surface area contributed by atoms with E-state index in [1.54, 1.807) is 24.3 Å². The number of carbonyl (C=O) groups is 1. The van der Waals surface area contributed by atoms with Crippen LogP contribution in [0.25, 0.3) is 0 Å². The van der Waals surface area contributed by atoms with Crippen molar-refractivity contribution < 1.29 is 13.2 Å². The maximum atomic E-state index is 11.5. The minimum atomic E-state index is -3.39. The molecule has 0 spiro atoms. The average molecular weight is 284 g/mol. The summed E-state index contributed by atoms with van der Waals surface area (Å²) in [6, 6.07) is 6.68. The van der Waals surface area contributed by atoms with E-state index < -0.39 is 10.0 Å². The van der Waals surface area contributed by atoms with Crippen LogP contribution in [0.3, 0.4) is 0 Å². The first-order chi connectivity index (χ1) is 8.85. The van der Waals surface area contributed by atoms with Crippen LogP contribution >= 0.6 is 0 Å². The van der Waals surface area contributed by atoms with E-state index in [0.29, 0.717) is 12.8 Å². The summed E-state index contributed by atoms with van der Waals surface area (Å²) in [4.78, 5) is 11.7. The van der Waals surface area contributed by atoms with Crippen molar-refractivity contribution in [3.8, 4) is 0 Å². The molecule has 0 atom stereocenters. The maximum absolute atomic E-state index is 11.5. The summed E-state index contributed by atoms with van der Waals surface area (Å²) in [5.41, 5.74) is 0.939. The Labute approximate surface area is 114 Å². The normalized spacial score (nSPS) is 11.6. The molecule has 0 aromatic heterocycles. The van der Waals surface area contributed by atoms with Crippen molar-refractivity contribution in [2.45, 2.75) is 37.6 Å². The monoisotopic (exact) mass is 284 g/mol. The smallest absolute Gasteiger partial charge is 0.240 e. The highest BCUT2D eigenvalue weighted by Crippen LogP contribution is 2.11. The molecule has 1 aromatic rings. The number of hydrogen-bond donors (Lipinski definition) is 2. The van der Waals surface area contributed by atoms with Gasteiger partial charge in [0.15, 0.2) is 0 Å². The summed E-state index contributed by atoms with van der Waals surface area (Å²) in [5, 5.41) is 2.81. The third-order valence-electron chi connectivity index (χ3n) is 2.59. The number of nitrogens with one attached hydrogen (secondary N) is 2. The molecule has 106 valence electrons. The van der Waals surface area contributed by atoms with E-state index in [2.05, 4.69) is 10.0 Å². The summed E-state index contributed by atoms with van der Waals surface area (Å²) in [6.45, 7) is 3.82. The van der Waals surface area contributed by atoms with Crippen LogP contribution in [0.15, 0.2) is 29.2 Å². The van der Waals surface area contributed by atoms with Crippen LogP contribution in [0.5, 0.6) is 0 Å². The molecule has 0 saturated carbocycles. The molecule has 0 aliphatic rings. The van der Waals surface area contributed by atoms with Gasteiger partial charge in [0.05, 0.1) is 4.90 Å². The molecule has 1 rings (SSSR count). The number of sulfonamides is 1. The second-order valence-corrected chi connectivity index (χ2v) is 6.46. The molecule has 0 heterocycles. The fraction of sp³-hybridized carbons (Fsp3) is 0.462. The Morgan fingerprint density at radius 1 is 1.21 bits per heavy atom. The van der Waals surface area contributed by atoms with E-state index in [4.69, 9.17) is 0 Å². The van der Waals surface area contributed by atoms with Gasteiger partial charge in [-0.1, -0.05) is 12.1 Å². The molecule has 2 N–H and O–H groups in total. The highest BCUT2D eigenvalue weighted by molar-refractivity contribution is 7.89. The van der Waals surface area contributed by atoms with E-state index in [0.717, 1.165) is 5.56 Å². The van der Waals surface area contributed by atoms with Crippen LogP contribution in [0, 0.1) is 0 Å². The van der Waals surface area contributed by atoms with E-state index >= 15 is 0 Å². The third-order valence-corrected chi connectivity index (χ3v) is 4.02. The first kappa shape index (κ1) is 15.7. The maximum Gasteiger partial charge on any atom is 0.240 e. The minimum Gasteiger partial charge on any atom is -0.354 e. The lowest BCUT2D eigenvalue weighted by Gasteiger charge is -2.08. The predicted octanol–water partition coefficient (Wildman–Crippen LogP) is 1.05. The molecule has 0 radical (unpaired) electrons. The number of aryl methyl sites for hydroxylation is 1. The summed E-state index contributed by atoms with van der Waals surface area (Å²) >= 11 is 0. The number of amides is 1. The summed E-state index contributed by atoms with van der Waals surface area (Å²) in [7, 11) is -2.02. The second-order valence-electron chi connectivity index (χ2n) is 4.57. The van der Waals surface area contributed by atoms with Gasteiger partial charge in [0.25, 0.3) is 0 Å². The molecule has 0 saturated heterocycles. The fourth-order valence-electron chi connectivity index (χ4n) is 1.61. The Morgan fingerprint density at radius 2 is 1.79 bits per heavy atom. The topological polar surface area (TPSA) is 75.3 Å². The van der Waals surface area contributed by atoms with Crippen molar-refractivity contribution in [1.29, 1.82) is 0 Å². The fourth-order valence-corrected chi connectivity index (χ4v) is 2.34. The van der Waals surface area contributed by atoms with Crippen molar-refractivity contribution in [3.05, 3.63) is 29.8 Å². The van der Waals surface area contributed by atoms with Gasteiger partial charge in [-0.3, -0.25) is 4.79 Å². The zero-order chi connectivity index (χ0) is 14.5. The number of carbonyl (C=O) groups excluding carboxylic acids is 1. The molecule has 6 heteroatoms. The third kappa shape index (κ3) is 5.00. The highest BCUT2D eigenvalue weighted by Gasteiger charge is 2.10. The van der Waals surface area contributed by atoms with Crippen molar-refractivity contribution in [3.63, 3.8) is 0 Å². The largest absolute Gasteiger partial charge is 0.354 e. The Kier molecular flexibility index (Phi) is 5.50. The van der Waals surface area contributed by atoms with Gasteiger partial charge in [-0.15, -0.1) is 0 Å². The van der Waals surface area contributed by atoms with Crippen molar-refractivity contribution in [1.82, 2.24) is 10.0 Å². The van der Waals surface area contributed by atoms with E-state index in [9.17, 15) is 13.2 Å². The van der Waals surface area contributed by atoms with Gasteiger partial charge in [-0.25, -0.2) is 13.1 Å². The molecule has 0 aliphatic heterocycles. The Hall–Kier alpha value is -1.40. The molecule has 0 bridgehead atoms. The lowest BCUT2D eigenvalue weighted by atomic mass is 10.1. The first-order valence-corrected chi connectivity index (χ1v) is 7.65. The van der Waals surface area contributed by atoms with Crippen LogP contribution in [0.2, 0.25) is 0 Å². The molecule has 1 aromatic carbocycles. The molecule has 0 unspecified atom stereocenters. The van der Waals surface area contributed by atoms with Gasteiger partial charge in [-0.05, 0) is 45.0 Å². The number of benzene rings is 1. The molecule has 0 aliphatic carbocycles. The molecule has 19 heavy (non-hydrogen) atoms. The van der Waals surface area contributed by atoms with Gasteiger partial charge < -0.3 is 5.32 Å². The van der Waals surface area contributed by atoms with Gasteiger partial charge in [0.1, 0.15) is 0 Å². The van der Waals surface area contributed by atoms with E-state index in [1.165, 1.54) is 7.05 Å². The van der Waals surface area contributed by atoms with Gasteiger partial charge >= 0.3 is 0 Å². The average Bonchev–Trinajstić information content (AvgIpc) is 2.36.